The molecule has 0 saturated carbocycles. The summed E-state index contributed by atoms with van der Waals surface area (Å²) in [6.45, 7) is 2.38. The largest absolute Gasteiger partial charge is 0.326 e. The lowest BCUT2D eigenvalue weighted by atomic mass is 10.1. The van der Waals surface area contributed by atoms with E-state index < -0.39 is 10.0 Å². The third-order valence-corrected chi connectivity index (χ3v) is 5.43. The van der Waals surface area contributed by atoms with E-state index in [1.807, 2.05) is 19.1 Å². The molecule has 0 heterocycles. The van der Waals surface area contributed by atoms with Crippen molar-refractivity contribution in [3.8, 4) is 6.07 Å². The van der Waals surface area contributed by atoms with Gasteiger partial charge in [0.05, 0.1) is 16.5 Å². The standard InChI is InChI=1S/C20H23N3O3S/c1-2-3-13-22-27(25,26)19-6-4-5-18(14-19)23-20(24)12-11-16-7-9-17(15-21)10-8-16/h4-10,14,22H,2-3,11-13H2,1H3,(H,23,24). The number of rotatable bonds is 9. The molecule has 27 heavy (non-hydrogen) atoms. The first-order chi connectivity index (χ1) is 12.9. The Morgan fingerprint density at radius 2 is 1.89 bits per heavy atom. The van der Waals surface area contributed by atoms with Gasteiger partial charge in [0, 0.05) is 18.7 Å². The number of benzene rings is 2. The maximum absolute atomic E-state index is 12.3. The summed E-state index contributed by atoms with van der Waals surface area (Å²) in [5.74, 6) is -0.201. The van der Waals surface area contributed by atoms with Gasteiger partial charge >= 0.3 is 0 Å². The van der Waals surface area contributed by atoms with Crippen LogP contribution in [0.2, 0.25) is 0 Å². The molecule has 1 amide bonds. The van der Waals surface area contributed by atoms with Gasteiger partial charge in [0.2, 0.25) is 15.9 Å². The lowest BCUT2D eigenvalue weighted by Gasteiger charge is -2.09. The molecule has 2 rings (SSSR count). The lowest BCUT2D eigenvalue weighted by molar-refractivity contribution is -0.116. The highest BCUT2D eigenvalue weighted by molar-refractivity contribution is 7.89. The topological polar surface area (TPSA) is 99.1 Å². The van der Waals surface area contributed by atoms with Crippen LogP contribution in [0.1, 0.15) is 37.3 Å². The van der Waals surface area contributed by atoms with Crippen LogP contribution in [0.3, 0.4) is 0 Å². The minimum Gasteiger partial charge on any atom is -0.326 e. The van der Waals surface area contributed by atoms with Crippen LogP contribution >= 0.6 is 0 Å². The molecule has 0 aliphatic heterocycles. The zero-order valence-corrected chi connectivity index (χ0v) is 16.1. The van der Waals surface area contributed by atoms with Gasteiger partial charge in [-0.05, 0) is 48.7 Å². The highest BCUT2D eigenvalue weighted by Crippen LogP contribution is 2.16. The Labute approximate surface area is 160 Å². The molecule has 2 N–H and O–H groups in total. The number of hydrogen-bond acceptors (Lipinski definition) is 4. The van der Waals surface area contributed by atoms with E-state index in [1.165, 1.54) is 12.1 Å². The first-order valence-corrected chi connectivity index (χ1v) is 10.3. The van der Waals surface area contributed by atoms with Crippen LogP contribution < -0.4 is 10.0 Å². The predicted octanol–water partition coefficient (Wildman–Crippen LogP) is 3.21. The van der Waals surface area contributed by atoms with Crippen molar-refractivity contribution in [2.75, 3.05) is 11.9 Å². The third kappa shape index (κ3) is 6.51. The van der Waals surface area contributed by atoms with Crippen molar-refractivity contribution in [3.63, 3.8) is 0 Å². The zero-order chi connectivity index (χ0) is 19.7. The molecular weight excluding hydrogens is 362 g/mol. The summed E-state index contributed by atoms with van der Waals surface area (Å²) in [7, 11) is -3.58. The fourth-order valence-electron chi connectivity index (χ4n) is 2.43. The molecule has 0 atom stereocenters. The molecule has 7 heteroatoms. The molecule has 142 valence electrons. The van der Waals surface area contributed by atoms with Crippen molar-refractivity contribution in [1.82, 2.24) is 4.72 Å². The van der Waals surface area contributed by atoms with Gasteiger partial charge in [0.1, 0.15) is 0 Å². The SMILES string of the molecule is CCCCNS(=O)(=O)c1cccc(NC(=O)CCc2ccc(C#N)cc2)c1. The molecule has 0 saturated heterocycles. The number of carbonyl (C=O) groups excluding carboxylic acids is 1. The van der Waals surface area contributed by atoms with Gasteiger partial charge in [-0.2, -0.15) is 5.26 Å². The number of aryl methyl sites for hydroxylation is 1. The monoisotopic (exact) mass is 385 g/mol. The van der Waals surface area contributed by atoms with E-state index in [9.17, 15) is 13.2 Å². The molecule has 0 radical (unpaired) electrons. The zero-order valence-electron chi connectivity index (χ0n) is 15.2. The molecule has 2 aromatic carbocycles. The maximum Gasteiger partial charge on any atom is 0.240 e. The van der Waals surface area contributed by atoms with Gasteiger partial charge in [0.15, 0.2) is 0 Å². The highest BCUT2D eigenvalue weighted by atomic mass is 32.2. The summed E-state index contributed by atoms with van der Waals surface area (Å²) in [6.07, 6.45) is 2.47. The molecule has 2 aromatic rings. The summed E-state index contributed by atoms with van der Waals surface area (Å²) in [5, 5.41) is 11.5. The van der Waals surface area contributed by atoms with Crippen LogP contribution in [0.25, 0.3) is 0 Å². The van der Waals surface area contributed by atoms with Gasteiger partial charge in [-0.3, -0.25) is 4.79 Å². The second-order valence-corrected chi connectivity index (χ2v) is 7.90. The van der Waals surface area contributed by atoms with E-state index in [4.69, 9.17) is 5.26 Å². The summed E-state index contributed by atoms with van der Waals surface area (Å²) < 4.78 is 27.1. The molecule has 0 aliphatic carbocycles. The first-order valence-electron chi connectivity index (χ1n) is 8.83. The fraction of sp³-hybridized carbons (Fsp3) is 0.300. The maximum atomic E-state index is 12.3. The number of nitriles is 1. The van der Waals surface area contributed by atoms with E-state index in [0.717, 1.165) is 18.4 Å². The van der Waals surface area contributed by atoms with Crippen LogP contribution in [0.15, 0.2) is 53.4 Å². The third-order valence-electron chi connectivity index (χ3n) is 3.97. The van der Waals surface area contributed by atoms with Crippen LogP contribution in [0.5, 0.6) is 0 Å². The number of unbranched alkanes of at least 4 members (excludes halogenated alkanes) is 1. The summed E-state index contributed by atoms with van der Waals surface area (Å²) in [4.78, 5) is 12.3. The van der Waals surface area contributed by atoms with Crippen molar-refractivity contribution in [3.05, 3.63) is 59.7 Å². The van der Waals surface area contributed by atoms with Crippen molar-refractivity contribution in [2.45, 2.75) is 37.5 Å². The summed E-state index contributed by atoms with van der Waals surface area (Å²) >= 11 is 0. The van der Waals surface area contributed by atoms with E-state index in [-0.39, 0.29) is 17.2 Å². The van der Waals surface area contributed by atoms with Crippen LogP contribution in [0, 0.1) is 11.3 Å². The number of sulfonamides is 1. The first kappa shape index (κ1) is 20.6. The van der Waals surface area contributed by atoms with Crippen molar-refractivity contribution >= 4 is 21.6 Å². The molecule has 0 aliphatic rings. The second-order valence-electron chi connectivity index (χ2n) is 6.14. The lowest BCUT2D eigenvalue weighted by Crippen LogP contribution is -2.24. The quantitative estimate of drug-likeness (QED) is 0.648. The summed E-state index contributed by atoms with van der Waals surface area (Å²) in [6, 6.07) is 15.3. The number of nitrogens with one attached hydrogen (secondary N) is 2. The number of amides is 1. The summed E-state index contributed by atoms with van der Waals surface area (Å²) in [5.41, 5.74) is 1.98. The van der Waals surface area contributed by atoms with Crippen LogP contribution in [-0.4, -0.2) is 20.9 Å². The Balaban J connectivity index is 1.94. The molecule has 0 aromatic heterocycles. The van der Waals surface area contributed by atoms with E-state index in [2.05, 4.69) is 16.1 Å². The highest BCUT2D eigenvalue weighted by Gasteiger charge is 2.14. The molecule has 0 fully saturated rings. The average Bonchev–Trinajstić information content (AvgIpc) is 2.67. The van der Waals surface area contributed by atoms with Crippen LogP contribution in [0.4, 0.5) is 5.69 Å². The predicted molar refractivity (Wildman–Crippen MR) is 105 cm³/mol. The van der Waals surface area contributed by atoms with Crippen molar-refractivity contribution in [1.29, 1.82) is 5.26 Å². The number of nitrogens with zero attached hydrogens (tertiary/aromatic N) is 1. The van der Waals surface area contributed by atoms with Gasteiger partial charge in [-0.25, -0.2) is 13.1 Å². The van der Waals surface area contributed by atoms with E-state index in [1.54, 1.807) is 24.3 Å². The smallest absolute Gasteiger partial charge is 0.240 e. The normalized spacial score (nSPS) is 11.0. The molecule has 0 spiro atoms. The van der Waals surface area contributed by atoms with E-state index >= 15 is 0 Å². The second kappa shape index (κ2) is 9.86. The molecule has 0 unspecified atom stereocenters. The Bertz CT molecular complexity index is 916. The average molecular weight is 385 g/mol. The van der Waals surface area contributed by atoms with Crippen LogP contribution in [-0.2, 0) is 21.2 Å². The Hall–Kier alpha value is -2.69. The Morgan fingerprint density at radius 3 is 2.56 bits per heavy atom. The number of carbonyl (C=O) groups is 1. The van der Waals surface area contributed by atoms with Crippen molar-refractivity contribution < 1.29 is 13.2 Å². The minimum absolute atomic E-state index is 0.128. The fourth-order valence-corrected chi connectivity index (χ4v) is 3.55. The van der Waals surface area contributed by atoms with Gasteiger partial charge in [-0.15, -0.1) is 0 Å². The Kier molecular flexibility index (Phi) is 7.53. The van der Waals surface area contributed by atoms with Gasteiger partial charge < -0.3 is 5.32 Å². The van der Waals surface area contributed by atoms with Crippen molar-refractivity contribution in [2.24, 2.45) is 0 Å². The van der Waals surface area contributed by atoms with Gasteiger partial charge in [-0.1, -0.05) is 31.5 Å². The number of hydrogen-bond donors (Lipinski definition) is 2. The minimum atomic E-state index is -3.58. The van der Waals surface area contributed by atoms with Gasteiger partial charge in [0.25, 0.3) is 0 Å². The number of anilines is 1. The molecule has 6 nitrogen and oxygen atoms in total. The molecular formula is C20H23N3O3S. The Morgan fingerprint density at radius 1 is 1.15 bits per heavy atom. The van der Waals surface area contributed by atoms with E-state index in [0.29, 0.717) is 24.2 Å². The molecule has 0 bridgehead atoms.